The lowest BCUT2D eigenvalue weighted by atomic mass is 10.1. The molecule has 0 unspecified atom stereocenters. The van der Waals surface area contributed by atoms with Crippen molar-refractivity contribution < 1.29 is 18.0 Å². The first kappa shape index (κ1) is 18.2. The zero-order valence-electron chi connectivity index (χ0n) is 14.7. The molecule has 1 aromatic carbocycles. The summed E-state index contributed by atoms with van der Waals surface area (Å²) < 4.78 is 40.2. The van der Waals surface area contributed by atoms with Crippen LogP contribution in [0.1, 0.15) is 17.5 Å². The highest BCUT2D eigenvalue weighted by Crippen LogP contribution is 2.29. The van der Waals surface area contributed by atoms with E-state index in [0.29, 0.717) is 36.5 Å². The van der Waals surface area contributed by atoms with Crippen LogP contribution < -0.4 is 10.2 Å². The van der Waals surface area contributed by atoms with Crippen LogP contribution in [0.2, 0.25) is 0 Å². The van der Waals surface area contributed by atoms with Gasteiger partial charge < -0.3 is 10.2 Å². The highest BCUT2D eigenvalue weighted by atomic mass is 19.4. The van der Waals surface area contributed by atoms with Gasteiger partial charge in [-0.1, -0.05) is 18.2 Å². The Morgan fingerprint density at radius 2 is 2.18 bits per heavy atom. The lowest BCUT2D eigenvalue weighted by Crippen LogP contribution is -2.38. The summed E-state index contributed by atoms with van der Waals surface area (Å²) in [5.41, 5.74) is 0.216. The van der Waals surface area contributed by atoms with Crippen LogP contribution in [0.25, 0.3) is 5.65 Å². The summed E-state index contributed by atoms with van der Waals surface area (Å²) in [6, 6.07) is 4.73. The van der Waals surface area contributed by atoms with E-state index in [9.17, 15) is 18.0 Å². The summed E-state index contributed by atoms with van der Waals surface area (Å²) in [5.74, 6) is 0.384. The Morgan fingerprint density at radius 1 is 1.32 bits per heavy atom. The van der Waals surface area contributed by atoms with Crippen molar-refractivity contribution in [3.05, 3.63) is 54.1 Å². The third-order valence-electron chi connectivity index (χ3n) is 4.67. The molecule has 1 N–H and O–H groups in total. The highest BCUT2D eigenvalue weighted by molar-refractivity contribution is 5.79. The van der Waals surface area contributed by atoms with Crippen molar-refractivity contribution in [2.45, 2.75) is 25.1 Å². The Bertz CT molecular complexity index is 1000. The van der Waals surface area contributed by atoms with Crippen molar-refractivity contribution in [3.63, 3.8) is 0 Å². The van der Waals surface area contributed by atoms with Gasteiger partial charge in [-0.2, -0.15) is 13.2 Å². The topological polar surface area (TPSA) is 75.4 Å². The van der Waals surface area contributed by atoms with Crippen LogP contribution in [-0.4, -0.2) is 44.6 Å². The summed E-state index contributed by atoms with van der Waals surface area (Å²) >= 11 is 0. The molecule has 0 spiro atoms. The molecular formula is C18H17F3N6O. The quantitative estimate of drug-likeness (QED) is 0.738. The van der Waals surface area contributed by atoms with E-state index in [2.05, 4.69) is 20.5 Å². The molecule has 1 saturated heterocycles. The van der Waals surface area contributed by atoms with Crippen molar-refractivity contribution in [1.29, 1.82) is 0 Å². The van der Waals surface area contributed by atoms with Crippen LogP contribution in [0.5, 0.6) is 0 Å². The molecule has 0 aliphatic carbocycles. The molecule has 10 heteroatoms. The minimum absolute atomic E-state index is 0.0988. The SMILES string of the molecule is O=C(Cc1cccc(C(F)(F)F)c1)N[C@@H]1CCN(c2nccn3cnnc23)C1. The van der Waals surface area contributed by atoms with Crippen LogP contribution in [0.4, 0.5) is 19.0 Å². The second-order valence-corrected chi connectivity index (χ2v) is 6.69. The molecule has 1 amide bonds. The van der Waals surface area contributed by atoms with Crippen LogP contribution >= 0.6 is 0 Å². The standard InChI is InChI=1S/C18H17F3N6O/c19-18(20,21)13-3-1-2-12(8-13)9-15(28)24-14-4-6-26(10-14)16-17-25-23-11-27(17)7-5-22-16/h1-3,5,7-8,11,14H,4,6,9-10H2,(H,24,28)/t14-/m1/s1. The number of hydrogen-bond donors (Lipinski definition) is 1. The predicted octanol–water partition coefficient (Wildman–Crippen LogP) is 2.08. The molecule has 7 nitrogen and oxygen atoms in total. The molecule has 0 radical (unpaired) electrons. The van der Waals surface area contributed by atoms with Crippen LogP contribution in [0, 0.1) is 0 Å². The second kappa shape index (κ2) is 7.10. The third kappa shape index (κ3) is 3.75. The van der Waals surface area contributed by atoms with E-state index >= 15 is 0 Å². The van der Waals surface area contributed by atoms with Crippen LogP contribution in [0.3, 0.4) is 0 Å². The molecule has 2 aromatic heterocycles. The molecule has 0 bridgehead atoms. The lowest BCUT2D eigenvalue weighted by Gasteiger charge is -2.18. The number of halogens is 3. The summed E-state index contributed by atoms with van der Waals surface area (Å²) in [6.07, 6.45) is 1.19. The average Bonchev–Trinajstić information content (AvgIpc) is 3.30. The Hall–Kier alpha value is -3.17. The number of carbonyl (C=O) groups excluding carboxylic acids is 1. The van der Waals surface area contributed by atoms with Gasteiger partial charge in [-0.3, -0.25) is 9.20 Å². The molecule has 1 aliphatic heterocycles. The first-order valence-corrected chi connectivity index (χ1v) is 8.75. The lowest BCUT2D eigenvalue weighted by molar-refractivity contribution is -0.137. The van der Waals surface area contributed by atoms with E-state index in [1.165, 1.54) is 12.1 Å². The second-order valence-electron chi connectivity index (χ2n) is 6.69. The number of aromatic nitrogens is 4. The molecule has 4 rings (SSSR count). The number of benzene rings is 1. The third-order valence-corrected chi connectivity index (χ3v) is 4.67. The van der Waals surface area contributed by atoms with Gasteiger partial charge in [-0.15, -0.1) is 10.2 Å². The van der Waals surface area contributed by atoms with Gasteiger partial charge in [-0.25, -0.2) is 4.98 Å². The zero-order chi connectivity index (χ0) is 19.7. The minimum Gasteiger partial charge on any atom is -0.351 e. The van der Waals surface area contributed by atoms with Crippen molar-refractivity contribution in [2.24, 2.45) is 0 Å². The van der Waals surface area contributed by atoms with Gasteiger partial charge in [0.2, 0.25) is 11.6 Å². The molecule has 3 aromatic rings. The maximum atomic E-state index is 12.8. The number of alkyl halides is 3. The van der Waals surface area contributed by atoms with Gasteiger partial charge in [0.25, 0.3) is 0 Å². The Balaban J connectivity index is 1.38. The van der Waals surface area contributed by atoms with E-state index in [4.69, 9.17) is 0 Å². The molecular weight excluding hydrogens is 373 g/mol. The Labute approximate surface area is 158 Å². The molecule has 1 atom stereocenters. The summed E-state index contributed by atoms with van der Waals surface area (Å²) in [6.45, 7) is 1.24. The van der Waals surface area contributed by atoms with Gasteiger partial charge in [0, 0.05) is 31.5 Å². The zero-order valence-corrected chi connectivity index (χ0v) is 14.7. The normalized spacial score (nSPS) is 17.2. The maximum Gasteiger partial charge on any atom is 0.416 e. The molecule has 0 saturated carbocycles. The number of nitrogens with one attached hydrogen (secondary N) is 1. The van der Waals surface area contributed by atoms with Crippen LogP contribution in [0.15, 0.2) is 43.0 Å². The summed E-state index contributed by atoms with van der Waals surface area (Å²) in [7, 11) is 0. The predicted molar refractivity (Wildman–Crippen MR) is 94.7 cm³/mol. The van der Waals surface area contributed by atoms with Crippen LogP contribution in [-0.2, 0) is 17.4 Å². The molecule has 1 fully saturated rings. The minimum atomic E-state index is -4.42. The number of amides is 1. The largest absolute Gasteiger partial charge is 0.416 e. The molecule has 1 aliphatic rings. The first-order chi connectivity index (χ1) is 13.4. The summed E-state index contributed by atoms with van der Waals surface area (Å²) in [5, 5.41) is 10.8. The maximum absolute atomic E-state index is 12.8. The van der Waals surface area contributed by atoms with Crippen molar-refractivity contribution in [2.75, 3.05) is 18.0 Å². The first-order valence-electron chi connectivity index (χ1n) is 8.75. The highest BCUT2D eigenvalue weighted by Gasteiger charge is 2.31. The van der Waals surface area contributed by atoms with Gasteiger partial charge in [0.1, 0.15) is 6.33 Å². The average molecular weight is 390 g/mol. The number of carbonyl (C=O) groups is 1. The van der Waals surface area contributed by atoms with Crippen molar-refractivity contribution in [3.8, 4) is 0 Å². The van der Waals surface area contributed by atoms with Gasteiger partial charge in [0.15, 0.2) is 5.82 Å². The number of anilines is 1. The van der Waals surface area contributed by atoms with Gasteiger partial charge >= 0.3 is 6.18 Å². The molecule has 146 valence electrons. The summed E-state index contributed by atoms with van der Waals surface area (Å²) in [4.78, 5) is 18.7. The molecule has 3 heterocycles. The smallest absolute Gasteiger partial charge is 0.351 e. The van der Waals surface area contributed by atoms with Crippen molar-refractivity contribution in [1.82, 2.24) is 24.9 Å². The Kier molecular flexibility index (Phi) is 4.62. The van der Waals surface area contributed by atoms with Crippen molar-refractivity contribution >= 4 is 17.4 Å². The van der Waals surface area contributed by atoms with E-state index in [1.807, 2.05) is 4.90 Å². The number of fused-ring (bicyclic) bond motifs is 1. The number of nitrogens with zero attached hydrogens (tertiary/aromatic N) is 5. The number of rotatable bonds is 4. The van der Waals surface area contributed by atoms with E-state index < -0.39 is 11.7 Å². The fraction of sp³-hybridized carbons (Fsp3) is 0.333. The van der Waals surface area contributed by atoms with E-state index in [-0.39, 0.29) is 18.4 Å². The fourth-order valence-electron chi connectivity index (χ4n) is 3.36. The monoisotopic (exact) mass is 390 g/mol. The van der Waals surface area contributed by atoms with Gasteiger partial charge in [-0.05, 0) is 18.1 Å². The Morgan fingerprint density at radius 3 is 3.00 bits per heavy atom. The van der Waals surface area contributed by atoms with E-state index in [1.54, 1.807) is 23.1 Å². The molecule has 28 heavy (non-hydrogen) atoms. The van der Waals surface area contributed by atoms with E-state index in [0.717, 1.165) is 12.1 Å². The fourth-order valence-corrected chi connectivity index (χ4v) is 3.36. The number of hydrogen-bond acceptors (Lipinski definition) is 5. The van der Waals surface area contributed by atoms with Gasteiger partial charge in [0.05, 0.1) is 12.0 Å².